The minimum absolute atomic E-state index is 0.0999. The Morgan fingerprint density at radius 2 is 1.75 bits per heavy atom. The van der Waals surface area contributed by atoms with Crippen LogP contribution in [0.15, 0.2) is 89.4 Å². The predicted octanol–water partition coefficient (Wildman–Crippen LogP) is 5.61. The van der Waals surface area contributed by atoms with Crippen LogP contribution in [-0.4, -0.2) is 27.5 Å². The summed E-state index contributed by atoms with van der Waals surface area (Å²) in [6, 6.07) is 26.9. The summed E-state index contributed by atoms with van der Waals surface area (Å²) in [5, 5.41) is 15.2. The number of benzene rings is 3. The number of carbonyl (C=O) groups excluding carboxylic acids is 1. The van der Waals surface area contributed by atoms with Gasteiger partial charge in [-0.25, -0.2) is 4.98 Å². The Kier molecular flexibility index (Phi) is 5.47. The van der Waals surface area contributed by atoms with E-state index in [1.165, 1.54) is 0 Å². The lowest BCUT2D eigenvalue weighted by Crippen LogP contribution is -2.29. The van der Waals surface area contributed by atoms with Crippen LogP contribution in [0.25, 0.3) is 33.1 Å². The first-order valence-corrected chi connectivity index (χ1v) is 11.1. The van der Waals surface area contributed by atoms with Gasteiger partial charge in [0, 0.05) is 32.9 Å². The molecule has 0 radical (unpaired) electrons. The number of H-pyrrole nitrogens is 1. The zero-order chi connectivity index (χ0) is 22.1. The molecule has 3 N–H and O–H groups in total. The molecular weight excluding hydrogens is 466 g/mol. The quantitative estimate of drug-likeness (QED) is 0.302. The Morgan fingerprint density at radius 1 is 0.969 bits per heavy atom. The fraction of sp³-hybridized carbons (Fsp3) is 0.0769. The number of pyridine rings is 1. The number of nitrogens with zero attached hydrogens (tertiary/aromatic N) is 1. The van der Waals surface area contributed by atoms with Crippen LogP contribution in [0.4, 0.5) is 0 Å². The second-order valence-electron chi connectivity index (χ2n) is 7.60. The van der Waals surface area contributed by atoms with Crippen molar-refractivity contribution >= 4 is 43.6 Å². The van der Waals surface area contributed by atoms with Crippen LogP contribution >= 0.6 is 15.9 Å². The van der Waals surface area contributed by atoms with Gasteiger partial charge in [0.25, 0.3) is 5.91 Å². The zero-order valence-electron chi connectivity index (χ0n) is 17.0. The minimum Gasteiger partial charge on any atom is -0.387 e. The first kappa shape index (κ1) is 20.4. The van der Waals surface area contributed by atoms with E-state index in [1.807, 2.05) is 78.9 Å². The van der Waals surface area contributed by atoms with Gasteiger partial charge in [0.2, 0.25) is 0 Å². The first-order chi connectivity index (χ1) is 15.6. The van der Waals surface area contributed by atoms with E-state index in [0.717, 1.165) is 37.4 Å². The lowest BCUT2D eigenvalue weighted by molar-refractivity contribution is 0.0911. The lowest BCUT2D eigenvalue weighted by Gasteiger charge is -2.13. The molecule has 32 heavy (non-hydrogen) atoms. The number of aliphatic hydroxyl groups excluding tert-OH is 1. The Balaban J connectivity index is 1.55. The van der Waals surface area contributed by atoms with Crippen LogP contribution in [0.5, 0.6) is 0 Å². The molecule has 0 aliphatic heterocycles. The van der Waals surface area contributed by atoms with Gasteiger partial charge >= 0.3 is 0 Å². The maximum Gasteiger partial charge on any atom is 0.270 e. The summed E-state index contributed by atoms with van der Waals surface area (Å²) < 4.78 is 0.932. The van der Waals surface area contributed by atoms with E-state index in [9.17, 15) is 9.90 Å². The van der Waals surface area contributed by atoms with Gasteiger partial charge in [-0.05, 0) is 29.8 Å². The Bertz CT molecular complexity index is 1430. The molecule has 6 heteroatoms. The maximum atomic E-state index is 13.0. The molecule has 5 nitrogen and oxygen atoms in total. The second-order valence-corrected chi connectivity index (χ2v) is 8.51. The van der Waals surface area contributed by atoms with Crippen molar-refractivity contribution in [1.29, 1.82) is 0 Å². The molecule has 0 saturated heterocycles. The van der Waals surface area contributed by atoms with E-state index in [1.54, 1.807) is 6.07 Å². The number of amides is 1. The van der Waals surface area contributed by atoms with Crippen molar-refractivity contribution in [3.63, 3.8) is 0 Å². The number of hydrogen-bond donors (Lipinski definition) is 3. The highest BCUT2D eigenvalue weighted by molar-refractivity contribution is 9.10. The Hall–Kier alpha value is -3.48. The van der Waals surface area contributed by atoms with Crippen molar-refractivity contribution in [1.82, 2.24) is 15.3 Å². The molecule has 5 rings (SSSR count). The summed E-state index contributed by atoms with van der Waals surface area (Å²) in [6.07, 6.45) is -0.790. The molecule has 5 aromatic rings. The van der Waals surface area contributed by atoms with Crippen molar-refractivity contribution < 1.29 is 9.90 Å². The minimum atomic E-state index is -0.790. The van der Waals surface area contributed by atoms with Gasteiger partial charge in [-0.3, -0.25) is 4.79 Å². The molecule has 0 bridgehead atoms. The lowest BCUT2D eigenvalue weighted by atomic mass is 10.1. The summed E-state index contributed by atoms with van der Waals surface area (Å²) >= 11 is 3.52. The largest absolute Gasteiger partial charge is 0.387 e. The topological polar surface area (TPSA) is 78.0 Å². The van der Waals surface area contributed by atoms with Gasteiger partial charge in [0.15, 0.2) is 0 Å². The van der Waals surface area contributed by atoms with Gasteiger partial charge in [-0.15, -0.1) is 0 Å². The van der Waals surface area contributed by atoms with Gasteiger partial charge in [0.05, 0.1) is 17.3 Å². The summed E-state index contributed by atoms with van der Waals surface area (Å²) in [6.45, 7) is 0.0999. The molecular formula is C26H20BrN3O2. The number of para-hydroxylation sites is 1. The first-order valence-electron chi connectivity index (χ1n) is 10.3. The van der Waals surface area contributed by atoms with Crippen molar-refractivity contribution in [2.45, 2.75) is 6.10 Å². The third-order valence-corrected chi connectivity index (χ3v) is 5.96. The summed E-state index contributed by atoms with van der Waals surface area (Å²) in [5.41, 5.74) is 4.52. The van der Waals surface area contributed by atoms with E-state index in [2.05, 4.69) is 26.2 Å². The maximum absolute atomic E-state index is 13.0. The predicted molar refractivity (Wildman–Crippen MR) is 130 cm³/mol. The monoisotopic (exact) mass is 485 g/mol. The number of nitrogens with one attached hydrogen (secondary N) is 2. The molecule has 158 valence electrons. The number of carbonyl (C=O) groups is 1. The number of rotatable bonds is 5. The fourth-order valence-electron chi connectivity index (χ4n) is 3.88. The number of aliphatic hydroxyl groups is 1. The van der Waals surface area contributed by atoms with Gasteiger partial charge in [0.1, 0.15) is 5.69 Å². The Morgan fingerprint density at radius 3 is 2.56 bits per heavy atom. The van der Waals surface area contributed by atoms with Crippen molar-refractivity contribution in [2.24, 2.45) is 0 Å². The third kappa shape index (κ3) is 3.90. The second kappa shape index (κ2) is 8.57. The average molecular weight is 486 g/mol. The molecule has 0 spiro atoms. The number of fused-ring (bicyclic) bond motifs is 3. The van der Waals surface area contributed by atoms with Crippen molar-refractivity contribution in [3.05, 3.63) is 101 Å². The summed E-state index contributed by atoms with van der Waals surface area (Å²) in [7, 11) is 0. The third-order valence-electron chi connectivity index (χ3n) is 5.47. The number of aromatic amines is 1. The zero-order valence-corrected chi connectivity index (χ0v) is 18.6. The van der Waals surface area contributed by atoms with Crippen LogP contribution in [0.3, 0.4) is 0 Å². The normalized spacial score (nSPS) is 12.2. The van der Waals surface area contributed by atoms with Crippen LogP contribution in [0.2, 0.25) is 0 Å². The fourth-order valence-corrected chi connectivity index (χ4v) is 4.28. The average Bonchev–Trinajstić information content (AvgIpc) is 3.21. The smallest absolute Gasteiger partial charge is 0.270 e. The van der Waals surface area contributed by atoms with Crippen molar-refractivity contribution in [2.75, 3.05) is 6.54 Å². The van der Waals surface area contributed by atoms with Crippen LogP contribution < -0.4 is 5.32 Å². The molecule has 3 aromatic carbocycles. The SMILES string of the molecule is O=C(NC[C@@H](O)c1ccccc1)c1cc2c([nH]c3ccccc32)c(-c2cccc(Br)c2)n1. The highest BCUT2D eigenvalue weighted by Crippen LogP contribution is 2.33. The highest BCUT2D eigenvalue weighted by Gasteiger charge is 2.18. The Labute approximate surface area is 193 Å². The number of halogens is 1. The van der Waals surface area contributed by atoms with E-state index < -0.39 is 6.10 Å². The molecule has 0 aliphatic carbocycles. The standard InChI is InChI=1S/C26H20BrN3O2/c27-18-10-6-9-17(13-18)24-25-20(19-11-4-5-12-21(19)29-25)14-22(30-24)26(32)28-15-23(31)16-7-2-1-3-8-16/h1-14,23,29,31H,15H2,(H,28,32)/t23-/m1/s1. The van der Waals surface area contributed by atoms with Crippen LogP contribution in [0.1, 0.15) is 22.2 Å². The summed E-state index contributed by atoms with van der Waals surface area (Å²) in [4.78, 5) is 21.2. The number of aromatic nitrogens is 2. The van der Waals surface area contributed by atoms with Crippen LogP contribution in [0, 0.1) is 0 Å². The highest BCUT2D eigenvalue weighted by atomic mass is 79.9. The van der Waals surface area contributed by atoms with E-state index >= 15 is 0 Å². The molecule has 0 unspecified atom stereocenters. The van der Waals surface area contributed by atoms with E-state index in [-0.39, 0.29) is 12.5 Å². The summed E-state index contributed by atoms with van der Waals surface area (Å²) in [5.74, 6) is -0.330. The van der Waals surface area contributed by atoms with E-state index in [4.69, 9.17) is 4.98 Å². The molecule has 0 fully saturated rings. The molecule has 1 atom stereocenters. The molecule has 0 saturated carbocycles. The molecule has 1 amide bonds. The van der Waals surface area contributed by atoms with Gasteiger partial charge in [-0.2, -0.15) is 0 Å². The molecule has 2 heterocycles. The van der Waals surface area contributed by atoms with Crippen molar-refractivity contribution in [3.8, 4) is 11.3 Å². The molecule has 2 aromatic heterocycles. The molecule has 0 aliphatic rings. The van der Waals surface area contributed by atoms with Crippen LogP contribution in [-0.2, 0) is 0 Å². The van der Waals surface area contributed by atoms with Gasteiger partial charge in [-0.1, -0.05) is 76.6 Å². The number of hydrogen-bond acceptors (Lipinski definition) is 3. The van der Waals surface area contributed by atoms with Gasteiger partial charge < -0.3 is 15.4 Å². The van der Waals surface area contributed by atoms with E-state index in [0.29, 0.717) is 11.4 Å².